The quantitative estimate of drug-likeness (QED) is 0.277. The van der Waals surface area contributed by atoms with Crippen LogP contribution in [-0.2, 0) is 12.0 Å². The molecule has 1 aromatic heterocycles. The third-order valence-corrected chi connectivity index (χ3v) is 8.08. The molecule has 5 aromatic rings. The van der Waals surface area contributed by atoms with E-state index in [-0.39, 0.29) is 5.54 Å². The van der Waals surface area contributed by atoms with Crippen LogP contribution in [0.3, 0.4) is 0 Å². The SMILES string of the molecule is C1=CC2CC2(n2c3c(c4ccc5ccccc5c42)Cc2ccccc2Nc2ccccc2-3)C=C1. The van der Waals surface area contributed by atoms with Crippen molar-refractivity contribution in [3.8, 4) is 11.3 Å². The molecule has 162 valence electrons. The molecular formula is C32H24N2. The highest BCUT2D eigenvalue weighted by molar-refractivity contribution is 6.11. The van der Waals surface area contributed by atoms with Gasteiger partial charge in [-0.25, -0.2) is 0 Å². The van der Waals surface area contributed by atoms with Crippen molar-refractivity contribution in [2.24, 2.45) is 5.92 Å². The monoisotopic (exact) mass is 436 g/mol. The number of rotatable bonds is 1. The third kappa shape index (κ3) is 2.35. The topological polar surface area (TPSA) is 17.0 Å². The Labute approximate surface area is 198 Å². The van der Waals surface area contributed by atoms with Gasteiger partial charge in [0.1, 0.15) is 0 Å². The fraction of sp³-hybridized carbons (Fsp3) is 0.125. The second kappa shape index (κ2) is 6.51. The molecule has 0 saturated heterocycles. The van der Waals surface area contributed by atoms with Crippen molar-refractivity contribution in [2.45, 2.75) is 18.4 Å². The Morgan fingerprint density at radius 3 is 2.53 bits per heavy atom. The highest BCUT2D eigenvalue weighted by atomic mass is 15.1. The van der Waals surface area contributed by atoms with Crippen LogP contribution in [0.25, 0.3) is 32.9 Å². The van der Waals surface area contributed by atoms with E-state index in [0.29, 0.717) is 5.92 Å². The maximum atomic E-state index is 3.78. The van der Waals surface area contributed by atoms with Crippen LogP contribution in [0.2, 0.25) is 0 Å². The lowest BCUT2D eigenvalue weighted by Crippen LogP contribution is -2.20. The van der Waals surface area contributed by atoms with Gasteiger partial charge in [-0.3, -0.25) is 0 Å². The summed E-state index contributed by atoms with van der Waals surface area (Å²) in [7, 11) is 0. The van der Waals surface area contributed by atoms with Gasteiger partial charge in [-0.2, -0.15) is 0 Å². The maximum Gasteiger partial charge on any atom is 0.0707 e. The van der Waals surface area contributed by atoms with Crippen LogP contribution < -0.4 is 5.32 Å². The molecule has 4 aromatic carbocycles. The number of nitrogens with zero attached hydrogens (tertiary/aromatic N) is 1. The lowest BCUT2D eigenvalue weighted by atomic mass is 9.94. The van der Waals surface area contributed by atoms with Gasteiger partial charge in [0.15, 0.2) is 0 Å². The summed E-state index contributed by atoms with van der Waals surface area (Å²) in [6, 6.07) is 31.1. The van der Waals surface area contributed by atoms with Crippen LogP contribution in [-0.4, -0.2) is 4.57 Å². The molecule has 0 bridgehead atoms. The lowest BCUT2D eigenvalue weighted by Gasteiger charge is -2.26. The van der Waals surface area contributed by atoms with Gasteiger partial charge in [0.25, 0.3) is 0 Å². The van der Waals surface area contributed by atoms with Crippen LogP contribution >= 0.6 is 0 Å². The van der Waals surface area contributed by atoms with Gasteiger partial charge in [-0.15, -0.1) is 0 Å². The number of anilines is 2. The standard InChI is InChI=1S/C32H24N2/c1-3-12-24-21(9-1)16-17-25-27-19-22-10-2-5-14-28(22)33-29-15-6-4-13-26(29)31(27)34(30(24)25)32-18-8-7-11-23(32)20-32/h1-18,23,33H,19-20H2. The summed E-state index contributed by atoms with van der Waals surface area (Å²) in [5.41, 5.74) is 9.19. The van der Waals surface area contributed by atoms with Gasteiger partial charge >= 0.3 is 0 Å². The molecule has 1 N–H and O–H groups in total. The summed E-state index contributed by atoms with van der Waals surface area (Å²) in [5, 5.41) is 7.80. The fourth-order valence-electron chi connectivity index (χ4n) is 6.39. The minimum atomic E-state index is 0.0105. The highest BCUT2D eigenvalue weighted by Crippen LogP contribution is 2.59. The Balaban J connectivity index is 1.58. The van der Waals surface area contributed by atoms with Crippen LogP contribution in [0.1, 0.15) is 17.5 Å². The number of benzene rings is 4. The van der Waals surface area contributed by atoms with Gasteiger partial charge in [0.2, 0.25) is 0 Å². The molecule has 34 heavy (non-hydrogen) atoms. The molecular weight excluding hydrogens is 412 g/mol. The lowest BCUT2D eigenvalue weighted by molar-refractivity contribution is 0.589. The van der Waals surface area contributed by atoms with Crippen LogP contribution in [0.4, 0.5) is 11.4 Å². The van der Waals surface area contributed by atoms with Crippen molar-refractivity contribution in [1.29, 1.82) is 0 Å². The van der Waals surface area contributed by atoms with Crippen molar-refractivity contribution in [2.75, 3.05) is 5.32 Å². The molecule has 2 heterocycles. The Kier molecular flexibility index (Phi) is 3.52. The van der Waals surface area contributed by atoms with E-state index in [2.05, 4.69) is 119 Å². The van der Waals surface area contributed by atoms with Crippen molar-refractivity contribution in [3.05, 3.63) is 120 Å². The van der Waals surface area contributed by atoms with Gasteiger partial charge in [0, 0.05) is 40.0 Å². The van der Waals surface area contributed by atoms with E-state index >= 15 is 0 Å². The zero-order valence-corrected chi connectivity index (χ0v) is 18.8. The first-order valence-electron chi connectivity index (χ1n) is 12.2. The van der Waals surface area contributed by atoms with E-state index < -0.39 is 0 Å². The van der Waals surface area contributed by atoms with E-state index in [4.69, 9.17) is 0 Å². The number of para-hydroxylation sites is 2. The molecule has 1 saturated carbocycles. The molecule has 0 spiro atoms. The third-order valence-electron chi connectivity index (χ3n) is 8.08. The number of nitrogens with one attached hydrogen (secondary N) is 1. The highest BCUT2D eigenvalue weighted by Gasteiger charge is 2.55. The summed E-state index contributed by atoms with van der Waals surface area (Å²) in [6.07, 6.45) is 11.4. The Morgan fingerprint density at radius 2 is 1.59 bits per heavy atom. The summed E-state index contributed by atoms with van der Waals surface area (Å²) >= 11 is 0. The Morgan fingerprint density at radius 1 is 0.765 bits per heavy atom. The second-order valence-corrected chi connectivity index (χ2v) is 9.90. The summed E-state index contributed by atoms with van der Waals surface area (Å²) in [4.78, 5) is 0. The van der Waals surface area contributed by atoms with Crippen molar-refractivity contribution < 1.29 is 0 Å². The number of hydrogen-bond acceptors (Lipinski definition) is 1. The maximum absolute atomic E-state index is 3.78. The average molecular weight is 437 g/mol. The van der Waals surface area contributed by atoms with Crippen molar-refractivity contribution >= 4 is 33.1 Å². The van der Waals surface area contributed by atoms with Crippen molar-refractivity contribution in [3.63, 3.8) is 0 Å². The second-order valence-electron chi connectivity index (χ2n) is 9.90. The molecule has 2 heteroatoms. The van der Waals surface area contributed by atoms with E-state index in [9.17, 15) is 0 Å². The predicted molar refractivity (Wildman–Crippen MR) is 142 cm³/mol. The summed E-state index contributed by atoms with van der Waals surface area (Å²) in [5.74, 6) is 0.550. The van der Waals surface area contributed by atoms with Gasteiger partial charge in [-0.05, 0) is 35.1 Å². The van der Waals surface area contributed by atoms with Crippen LogP contribution in [0.15, 0.2) is 109 Å². The first-order chi connectivity index (χ1) is 16.8. The van der Waals surface area contributed by atoms with E-state index in [1.54, 1.807) is 0 Å². The van der Waals surface area contributed by atoms with Gasteiger partial charge in [-0.1, -0.05) is 97.1 Å². The molecule has 0 amide bonds. The van der Waals surface area contributed by atoms with Gasteiger partial charge in [0.05, 0.1) is 16.7 Å². The number of fused-ring (bicyclic) bond motifs is 9. The number of hydrogen-bond donors (Lipinski definition) is 1. The fourth-order valence-corrected chi connectivity index (χ4v) is 6.39. The predicted octanol–water partition coefficient (Wildman–Crippen LogP) is 7.95. The number of allylic oxidation sites excluding steroid dienone is 4. The van der Waals surface area contributed by atoms with Gasteiger partial charge < -0.3 is 9.88 Å². The molecule has 1 fully saturated rings. The molecule has 1 aliphatic heterocycles. The molecule has 3 aliphatic rings. The van der Waals surface area contributed by atoms with E-state index in [0.717, 1.165) is 12.8 Å². The first-order valence-corrected chi connectivity index (χ1v) is 12.2. The van der Waals surface area contributed by atoms with Crippen molar-refractivity contribution in [1.82, 2.24) is 4.57 Å². The largest absolute Gasteiger partial charge is 0.355 e. The summed E-state index contributed by atoms with van der Waals surface area (Å²) in [6.45, 7) is 0. The van der Waals surface area contributed by atoms with E-state index in [1.165, 1.54) is 55.4 Å². The zero-order valence-electron chi connectivity index (χ0n) is 18.8. The molecule has 2 aliphatic carbocycles. The smallest absolute Gasteiger partial charge is 0.0707 e. The van der Waals surface area contributed by atoms with E-state index in [1.807, 2.05) is 0 Å². The zero-order chi connectivity index (χ0) is 22.3. The first kappa shape index (κ1) is 18.4. The molecule has 8 rings (SSSR count). The molecule has 0 radical (unpaired) electrons. The Bertz CT molecular complexity index is 1700. The molecule has 2 atom stereocenters. The van der Waals surface area contributed by atoms with Crippen LogP contribution in [0.5, 0.6) is 0 Å². The summed E-state index contributed by atoms with van der Waals surface area (Å²) < 4.78 is 2.71. The number of aromatic nitrogens is 1. The molecule has 2 nitrogen and oxygen atoms in total. The normalized spacial score (nSPS) is 21.7. The minimum Gasteiger partial charge on any atom is -0.355 e. The van der Waals surface area contributed by atoms with Crippen LogP contribution in [0, 0.1) is 5.92 Å². The average Bonchev–Trinajstić information content (AvgIpc) is 3.53. The Hall–Kier alpha value is -4.04. The molecule has 2 unspecified atom stereocenters. The minimum absolute atomic E-state index is 0.0105.